The Morgan fingerprint density at radius 3 is 2.63 bits per heavy atom. The first kappa shape index (κ1) is 12.9. The number of carbonyl (C=O) groups is 1. The van der Waals surface area contributed by atoms with Gasteiger partial charge in [-0.3, -0.25) is 4.79 Å². The van der Waals surface area contributed by atoms with Crippen LogP contribution in [0.2, 0.25) is 0 Å². The summed E-state index contributed by atoms with van der Waals surface area (Å²) in [5.74, 6) is 0.137. The minimum atomic E-state index is -0.431. The zero-order valence-corrected chi connectivity index (χ0v) is 10.3. The lowest BCUT2D eigenvalue weighted by Gasteiger charge is -2.12. The number of anilines is 2. The van der Waals surface area contributed by atoms with Gasteiger partial charge in [0, 0.05) is 13.0 Å². The van der Waals surface area contributed by atoms with Crippen molar-refractivity contribution in [2.75, 3.05) is 11.1 Å². The zero-order valence-electron chi connectivity index (χ0n) is 10.3. The highest BCUT2D eigenvalue weighted by Gasteiger charge is 2.08. The van der Waals surface area contributed by atoms with Crippen molar-refractivity contribution in [1.29, 1.82) is 0 Å². The third-order valence-corrected chi connectivity index (χ3v) is 2.39. The van der Waals surface area contributed by atoms with Gasteiger partial charge in [-0.15, -0.1) is 0 Å². The molecule has 0 saturated carbocycles. The van der Waals surface area contributed by atoms with Crippen LogP contribution >= 0.6 is 0 Å². The summed E-state index contributed by atoms with van der Waals surface area (Å²) in [6, 6.07) is 10.8. The molecule has 0 atom stereocenters. The number of rotatable bonds is 3. The molecule has 1 amide bonds. The molecule has 0 saturated heterocycles. The Morgan fingerprint density at radius 1 is 1.21 bits per heavy atom. The van der Waals surface area contributed by atoms with Crippen LogP contribution in [0.4, 0.5) is 15.8 Å². The summed E-state index contributed by atoms with van der Waals surface area (Å²) in [5, 5.41) is 2.65. The lowest BCUT2D eigenvalue weighted by atomic mass is 10.2. The monoisotopic (exact) mass is 260 g/mol. The van der Waals surface area contributed by atoms with E-state index in [1.165, 1.54) is 25.1 Å². The molecular weight excluding hydrogens is 247 g/mol. The summed E-state index contributed by atoms with van der Waals surface area (Å²) in [5.41, 5.74) is 6.39. The number of halogens is 1. The number of nitrogens with two attached hydrogens (primary N) is 1. The molecule has 3 N–H and O–H groups in total. The second-order valence-corrected chi connectivity index (χ2v) is 3.96. The van der Waals surface area contributed by atoms with Gasteiger partial charge in [0.15, 0.2) is 11.5 Å². The number of para-hydroxylation sites is 2. The van der Waals surface area contributed by atoms with Crippen molar-refractivity contribution in [3.8, 4) is 11.5 Å². The number of ether oxygens (including phenoxy) is 1. The molecule has 0 heterocycles. The van der Waals surface area contributed by atoms with Gasteiger partial charge in [-0.2, -0.15) is 0 Å². The highest BCUT2D eigenvalue weighted by molar-refractivity contribution is 5.90. The van der Waals surface area contributed by atoms with Crippen LogP contribution in [0.3, 0.4) is 0 Å². The van der Waals surface area contributed by atoms with Crippen LogP contribution in [0.25, 0.3) is 0 Å². The molecule has 0 aromatic heterocycles. The molecule has 98 valence electrons. The van der Waals surface area contributed by atoms with Crippen LogP contribution in [0, 0.1) is 5.82 Å². The standard InChI is InChI=1S/C14H13FN2O2/c1-9(18)17-12-4-2-3-5-14(12)19-13-7-6-10(15)8-11(13)16/h2-8H,16H2,1H3,(H,17,18). The molecule has 0 aliphatic carbocycles. The van der Waals surface area contributed by atoms with Crippen LogP contribution < -0.4 is 15.8 Å². The van der Waals surface area contributed by atoms with E-state index >= 15 is 0 Å². The van der Waals surface area contributed by atoms with Crippen LogP contribution in [0.15, 0.2) is 42.5 Å². The molecule has 0 aliphatic rings. The summed E-state index contributed by atoms with van der Waals surface area (Å²) in [4.78, 5) is 11.1. The molecule has 0 radical (unpaired) electrons. The molecule has 2 aromatic carbocycles. The van der Waals surface area contributed by atoms with Gasteiger partial charge in [0.05, 0.1) is 11.4 Å². The van der Waals surface area contributed by atoms with Gasteiger partial charge in [-0.1, -0.05) is 12.1 Å². The van der Waals surface area contributed by atoms with E-state index in [9.17, 15) is 9.18 Å². The molecule has 5 heteroatoms. The number of hydrogen-bond donors (Lipinski definition) is 2. The highest BCUT2D eigenvalue weighted by atomic mass is 19.1. The second-order valence-electron chi connectivity index (χ2n) is 3.96. The summed E-state index contributed by atoms with van der Waals surface area (Å²) < 4.78 is 18.5. The average Bonchev–Trinajstić information content (AvgIpc) is 2.34. The van der Waals surface area contributed by atoms with E-state index in [4.69, 9.17) is 10.5 Å². The van der Waals surface area contributed by atoms with E-state index in [2.05, 4.69) is 5.32 Å². The van der Waals surface area contributed by atoms with Crippen molar-refractivity contribution in [2.24, 2.45) is 0 Å². The molecule has 2 aromatic rings. The smallest absolute Gasteiger partial charge is 0.221 e. The van der Waals surface area contributed by atoms with Crippen molar-refractivity contribution in [2.45, 2.75) is 6.92 Å². The van der Waals surface area contributed by atoms with Gasteiger partial charge in [0.1, 0.15) is 5.82 Å². The van der Waals surface area contributed by atoms with E-state index in [1.54, 1.807) is 24.3 Å². The Morgan fingerprint density at radius 2 is 1.95 bits per heavy atom. The number of nitrogen functional groups attached to an aromatic ring is 1. The maximum atomic E-state index is 12.9. The van der Waals surface area contributed by atoms with Crippen molar-refractivity contribution in [1.82, 2.24) is 0 Å². The molecule has 19 heavy (non-hydrogen) atoms. The van der Waals surface area contributed by atoms with Crippen molar-refractivity contribution < 1.29 is 13.9 Å². The Balaban J connectivity index is 2.30. The average molecular weight is 260 g/mol. The topological polar surface area (TPSA) is 64.3 Å². The minimum absolute atomic E-state index is 0.192. The van der Waals surface area contributed by atoms with Crippen LogP contribution in [0.5, 0.6) is 11.5 Å². The molecule has 4 nitrogen and oxygen atoms in total. The Labute approximate surface area is 110 Å². The quantitative estimate of drug-likeness (QED) is 0.833. The van der Waals surface area contributed by atoms with Crippen LogP contribution in [-0.4, -0.2) is 5.91 Å². The summed E-state index contributed by atoms with van der Waals surface area (Å²) >= 11 is 0. The Kier molecular flexibility index (Phi) is 3.66. The number of nitrogens with one attached hydrogen (secondary N) is 1. The maximum Gasteiger partial charge on any atom is 0.221 e. The lowest BCUT2D eigenvalue weighted by Crippen LogP contribution is -2.07. The van der Waals surface area contributed by atoms with E-state index in [-0.39, 0.29) is 11.6 Å². The SMILES string of the molecule is CC(=O)Nc1ccccc1Oc1ccc(F)cc1N. The van der Waals surface area contributed by atoms with E-state index in [0.29, 0.717) is 17.2 Å². The molecule has 0 spiro atoms. The number of benzene rings is 2. The fraction of sp³-hybridized carbons (Fsp3) is 0.0714. The molecular formula is C14H13FN2O2. The molecule has 0 unspecified atom stereocenters. The lowest BCUT2D eigenvalue weighted by molar-refractivity contribution is -0.114. The van der Waals surface area contributed by atoms with E-state index < -0.39 is 5.82 Å². The first-order valence-corrected chi connectivity index (χ1v) is 5.66. The van der Waals surface area contributed by atoms with Gasteiger partial charge in [-0.25, -0.2) is 4.39 Å². The van der Waals surface area contributed by atoms with Gasteiger partial charge >= 0.3 is 0 Å². The zero-order chi connectivity index (χ0) is 13.8. The third kappa shape index (κ3) is 3.22. The van der Waals surface area contributed by atoms with Crippen LogP contribution in [0.1, 0.15) is 6.92 Å². The molecule has 2 rings (SSSR count). The number of carbonyl (C=O) groups excluding carboxylic acids is 1. The number of amides is 1. The first-order chi connectivity index (χ1) is 9.06. The van der Waals surface area contributed by atoms with Crippen LogP contribution in [-0.2, 0) is 4.79 Å². The van der Waals surface area contributed by atoms with E-state index in [0.717, 1.165) is 0 Å². The van der Waals surface area contributed by atoms with Crippen molar-refractivity contribution in [3.05, 3.63) is 48.3 Å². The van der Waals surface area contributed by atoms with Gasteiger partial charge in [0.2, 0.25) is 5.91 Å². The Bertz CT molecular complexity index is 614. The maximum absolute atomic E-state index is 12.9. The predicted molar refractivity (Wildman–Crippen MR) is 71.6 cm³/mol. The number of hydrogen-bond acceptors (Lipinski definition) is 3. The second kappa shape index (κ2) is 5.39. The van der Waals surface area contributed by atoms with E-state index in [1.807, 2.05) is 0 Å². The highest BCUT2D eigenvalue weighted by Crippen LogP contribution is 2.32. The Hall–Kier alpha value is -2.56. The third-order valence-electron chi connectivity index (χ3n) is 2.39. The normalized spacial score (nSPS) is 10.0. The molecule has 0 aliphatic heterocycles. The fourth-order valence-corrected chi connectivity index (χ4v) is 1.58. The largest absolute Gasteiger partial charge is 0.453 e. The van der Waals surface area contributed by atoms with Gasteiger partial charge in [-0.05, 0) is 24.3 Å². The van der Waals surface area contributed by atoms with Gasteiger partial charge < -0.3 is 15.8 Å². The van der Waals surface area contributed by atoms with Crippen molar-refractivity contribution >= 4 is 17.3 Å². The summed E-state index contributed by atoms with van der Waals surface area (Å²) in [6.45, 7) is 1.41. The van der Waals surface area contributed by atoms with Gasteiger partial charge in [0.25, 0.3) is 0 Å². The molecule has 0 bridgehead atoms. The predicted octanol–water partition coefficient (Wildman–Crippen LogP) is 3.16. The molecule has 0 fully saturated rings. The summed E-state index contributed by atoms with van der Waals surface area (Å²) in [7, 11) is 0. The fourth-order valence-electron chi connectivity index (χ4n) is 1.58. The minimum Gasteiger partial charge on any atom is -0.453 e. The first-order valence-electron chi connectivity index (χ1n) is 5.66. The summed E-state index contributed by atoms with van der Waals surface area (Å²) in [6.07, 6.45) is 0. The van der Waals surface area contributed by atoms with Crippen molar-refractivity contribution in [3.63, 3.8) is 0 Å².